The number of thiazole rings is 1. The lowest BCUT2D eigenvalue weighted by molar-refractivity contribution is 0.250. The maximum Gasteiger partial charge on any atom is 0.0982 e. The number of likely N-dealkylation sites (tertiary alicyclic amines) is 1. The van der Waals surface area contributed by atoms with Crippen LogP contribution < -0.4 is 0 Å². The smallest absolute Gasteiger partial charge is 0.0982 e. The van der Waals surface area contributed by atoms with E-state index in [0.29, 0.717) is 5.92 Å². The lowest BCUT2D eigenvalue weighted by Crippen LogP contribution is -2.30. The number of halogens is 1. The molecule has 0 saturated carbocycles. The van der Waals surface area contributed by atoms with Gasteiger partial charge in [-0.25, -0.2) is 4.98 Å². The van der Waals surface area contributed by atoms with Gasteiger partial charge in [0.2, 0.25) is 0 Å². The number of hydrogen-bond acceptors (Lipinski definition) is 3. The lowest BCUT2D eigenvalue weighted by atomic mass is 9.99. The van der Waals surface area contributed by atoms with Crippen LogP contribution in [0.15, 0.2) is 18.2 Å². The number of rotatable bonds is 1. The molecule has 17 heavy (non-hydrogen) atoms. The predicted molar refractivity (Wildman–Crippen MR) is 74.1 cm³/mol. The van der Waals surface area contributed by atoms with Crippen LogP contribution in [0.4, 0.5) is 0 Å². The molecule has 1 unspecified atom stereocenters. The molecule has 0 bridgehead atoms. The minimum Gasteiger partial charge on any atom is -0.306 e. The van der Waals surface area contributed by atoms with E-state index in [4.69, 9.17) is 16.6 Å². The second kappa shape index (κ2) is 4.56. The Balaban J connectivity index is 1.94. The van der Waals surface area contributed by atoms with Crippen molar-refractivity contribution in [1.82, 2.24) is 9.88 Å². The van der Waals surface area contributed by atoms with Crippen molar-refractivity contribution < 1.29 is 0 Å². The van der Waals surface area contributed by atoms with E-state index in [1.54, 1.807) is 0 Å². The number of aromatic nitrogens is 1. The third kappa shape index (κ3) is 2.32. The van der Waals surface area contributed by atoms with Crippen molar-refractivity contribution in [2.24, 2.45) is 0 Å². The maximum absolute atomic E-state index is 5.99. The summed E-state index contributed by atoms with van der Waals surface area (Å²) in [5.74, 6) is 0.602. The molecule has 1 saturated heterocycles. The van der Waals surface area contributed by atoms with Crippen LogP contribution in [-0.4, -0.2) is 30.0 Å². The Morgan fingerprint density at radius 2 is 2.35 bits per heavy atom. The Kier molecular flexibility index (Phi) is 3.07. The third-order valence-electron chi connectivity index (χ3n) is 3.34. The largest absolute Gasteiger partial charge is 0.306 e. The number of piperidine rings is 1. The van der Waals surface area contributed by atoms with Crippen LogP contribution in [0.1, 0.15) is 23.8 Å². The zero-order valence-corrected chi connectivity index (χ0v) is 11.4. The summed E-state index contributed by atoms with van der Waals surface area (Å²) >= 11 is 7.81. The quantitative estimate of drug-likeness (QED) is 0.781. The van der Waals surface area contributed by atoms with E-state index in [2.05, 4.69) is 18.0 Å². The van der Waals surface area contributed by atoms with Crippen molar-refractivity contribution in [2.75, 3.05) is 20.1 Å². The fourth-order valence-corrected chi connectivity index (χ4v) is 3.70. The summed E-state index contributed by atoms with van der Waals surface area (Å²) < 4.78 is 1.25. The first-order valence-electron chi connectivity index (χ1n) is 5.97. The first-order chi connectivity index (χ1) is 8.22. The summed E-state index contributed by atoms with van der Waals surface area (Å²) in [4.78, 5) is 7.14. The molecule has 2 heterocycles. The first-order valence-corrected chi connectivity index (χ1v) is 7.16. The Morgan fingerprint density at radius 3 is 3.18 bits per heavy atom. The zero-order valence-electron chi connectivity index (χ0n) is 9.82. The van der Waals surface area contributed by atoms with E-state index in [1.165, 1.54) is 29.1 Å². The molecule has 1 aromatic carbocycles. The number of benzene rings is 1. The highest BCUT2D eigenvalue weighted by Crippen LogP contribution is 2.33. The summed E-state index contributed by atoms with van der Waals surface area (Å²) in [6.45, 7) is 2.35. The van der Waals surface area contributed by atoms with Crippen LogP contribution in [0.2, 0.25) is 5.02 Å². The van der Waals surface area contributed by atoms with Crippen LogP contribution in [0, 0.1) is 0 Å². The summed E-state index contributed by atoms with van der Waals surface area (Å²) in [5, 5.41) is 2.05. The average Bonchev–Trinajstić information content (AvgIpc) is 2.72. The highest BCUT2D eigenvalue weighted by molar-refractivity contribution is 7.18. The first kappa shape index (κ1) is 11.5. The van der Waals surface area contributed by atoms with E-state index >= 15 is 0 Å². The van der Waals surface area contributed by atoms with E-state index in [-0.39, 0.29) is 0 Å². The van der Waals surface area contributed by atoms with Crippen LogP contribution in [-0.2, 0) is 0 Å². The molecule has 1 aliphatic heterocycles. The van der Waals surface area contributed by atoms with Crippen molar-refractivity contribution in [3.05, 3.63) is 28.2 Å². The molecule has 1 aromatic heterocycles. The van der Waals surface area contributed by atoms with E-state index < -0.39 is 0 Å². The van der Waals surface area contributed by atoms with Gasteiger partial charge >= 0.3 is 0 Å². The molecule has 1 fully saturated rings. The Bertz CT molecular complexity index is 537. The normalized spacial score (nSPS) is 22.1. The summed E-state index contributed by atoms with van der Waals surface area (Å²) in [5.41, 5.74) is 1.05. The van der Waals surface area contributed by atoms with Gasteiger partial charge in [0.05, 0.1) is 15.2 Å². The van der Waals surface area contributed by atoms with Crippen molar-refractivity contribution >= 4 is 33.2 Å². The molecular weight excluding hydrogens is 252 g/mol. The predicted octanol–water partition coefficient (Wildman–Crippen LogP) is 3.76. The topological polar surface area (TPSA) is 16.1 Å². The Morgan fingerprint density at radius 1 is 1.47 bits per heavy atom. The third-order valence-corrected chi connectivity index (χ3v) is 4.77. The number of hydrogen-bond donors (Lipinski definition) is 0. The summed E-state index contributed by atoms with van der Waals surface area (Å²) in [6.07, 6.45) is 2.54. The van der Waals surface area contributed by atoms with Gasteiger partial charge in [-0.15, -0.1) is 11.3 Å². The Hall–Kier alpha value is -0.640. The second-order valence-electron chi connectivity index (χ2n) is 4.77. The van der Waals surface area contributed by atoms with Crippen LogP contribution in [0.25, 0.3) is 10.2 Å². The van der Waals surface area contributed by atoms with E-state index in [9.17, 15) is 0 Å². The zero-order chi connectivity index (χ0) is 11.8. The molecule has 1 atom stereocenters. The molecule has 0 spiro atoms. The fourth-order valence-electron chi connectivity index (χ4n) is 2.46. The molecule has 1 aliphatic rings. The molecule has 4 heteroatoms. The van der Waals surface area contributed by atoms with Gasteiger partial charge in [-0.1, -0.05) is 11.6 Å². The summed E-state index contributed by atoms with van der Waals surface area (Å²) in [7, 11) is 2.19. The highest BCUT2D eigenvalue weighted by atomic mass is 35.5. The van der Waals surface area contributed by atoms with Crippen LogP contribution in [0.3, 0.4) is 0 Å². The van der Waals surface area contributed by atoms with Crippen LogP contribution >= 0.6 is 22.9 Å². The minimum absolute atomic E-state index is 0.602. The van der Waals surface area contributed by atoms with Crippen molar-refractivity contribution in [2.45, 2.75) is 18.8 Å². The van der Waals surface area contributed by atoms with Gasteiger partial charge in [0, 0.05) is 17.5 Å². The molecule has 3 rings (SSSR count). The number of fused-ring (bicyclic) bond motifs is 1. The van der Waals surface area contributed by atoms with Gasteiger partial charge in [0.1, 0.15) is 0 Å². The number of nitrogens with zero attached hydrogens (tertiary/aromatic N) is 2. The van der Waals surface area contributed by atoms with Crippen molar-refractivity contribution in [3.63, 3.8) is 0 Å². The van der Waals surface area contributed by atoms with Crippen molar-refractivity contribution in [3.8, 4) is 0 Å². The standard InChI is InChI=1S/C13H15ClN2S/c1-16-6-2-3-9(8-16)13-15-11-7-10(14)4-5-12(11)17-13/h4-5,7,9H,2-3,6,8H2,1H3. The highest BCUT2D eigenvalue weighted by Gasteiger charge is 2.21. The molecule has 90 valence electrons. The van der Waals surface area contributed by atoms with Gasteiger partial charge in [-0.05, 0) is 44.6 Å². The monoisotopic (exact) mass is 266 g/mol. The lowest BCUT2D eigenvalue weighted by Gasteiger charge is -2.28. The fraction of sp³-hybridized carbons (Fsp3) is 0.462. The Labute approximate surface area is 110 Å². The maximum atomic E-state index is 5.99. The molecule has 0 aliphatic carbocycles. The van der Waals surface area contributed by atoms with Gasteiger partial charge < -0.3 is 4.90 Å². The molecular formula is C13H15ClN2S. The van der Waals surface area contributed by atoms with Crippen LogP contribution in [0.5, 0.6) is 0 Å². The van der Waals surface area contributed by atoms with E-state index in [1.807, 2.05) is 23.5 Å². The average molecular weight is 267 g/mol. The molecule has 0 amide bonds. The second-order valence-corrected chi connectivity index (χ2v) is 6.26. The minimum atomic E-state index is 0.602. The molecule has 2 aromatic rings. The van der Waals surface area contributed by atoms with Crippen molar-refractivity contribution in [1.29, 1.82) is 0 Å². The van der Waals surface area contributed by atoms with E-state index in [0.717, 1.165) is 17.1 Å². The van der Waals surface area contributed by atoms with Gasteiger partial charge in [-0.3, -0.25) is 0 Å². The molecule has 0 radical (unpaired) electrons. The molecule has 2 nitrogen and oxygen atoms in total. The van der Waals surface area contributed by atoms with Gasteiger partial charge in [-0.2, -0.15) is 0 Å². The SMILES string of the molecule is CN1CCCC(c2nc3cc(Cl)ccc3s2)C1. The van der Waals surface area contributed by atoms with Gasteiger partial charge in [0.25, 0.3) is 0 Å². The summed E-state index contributed by atoms with van der Waals surface area (Å²) in [6, 6.07) is 5.98. The van der Waals surface area contributed by atoms with Gasteiger partial charge in [0.15, 0.2) is 0 Å². The number of likely N-dealkylation sites (N-methyl/N-ethyl adjacent to an activating group) is 1. The molecule has 0 N–H and O–H groups in total.